The van der Waals surface area contributed by atoms with E-state index in [4.69, 9.17) is 0 Å². The molecule has 0 fully saturated rings. The predicted molar refractivity (Wildman–Crippen MR) is 73.3 cm³/mol. The molecule has 0 aliphatic carbocycles. The molecule has 0 aromatic heterocycles. The minimum Gasteiger partial charge on any atom is -0.303 e. The van der Waals surface area contributed by atoms with Crippen LogP contribution in [0.15, 0.2) is 60.7 Å². The van der Waals surface area contributed by atoms with Gasteiger partial charge in [-0.25, -0.2) is 4.39 Å². The maximum absolute atomic E-state index is 13.0. The minimum absolute atomic E-state index is 0.0469. The quantitative estimate of drug-likeness (QED) is 0.844. The molecule has 2 aromatic rings. The Labute approximate surface area is 108 Å². The van der Waals surface area contributed by atoms with Gasteiger partial charge in [-0.3, -0.25) is 0 Å². The number of alkyl halides is 1. The van der Waals surface area contributed by atoms with Crippen LogP contribution in [0.1, 0.15) is 24.1 Å². The maximum Gasteiger partial charge on any atom is 0.110 e. The second-order valence-corrected chi connectivity index (χ2v) is 4.44. The molecule has 1 unspecified atom stereocenters. The fourth-order valence-electron chi connectivity index (χ4n) is 2.00. The first kappa shape index (κ1) is 12.8. The molecule has 2 rings (SSSR count). The molecule has 0 heterocycles. The monoisotopic (exact) mass is 243 g/mol. The van der Waals surface area contributed by atoms with Gasteiger partial charge in [0.05, 0.1) is 6.04 Å². The summed E-state index contributed by atoms with van der Waals surface area (Å²) in [6.45, 7) is 1.93. The molecule has 94 valence electrons. The van der Waals surface area contributed by atoms with Crippen molar-refractivity contribution in [1.82, 2.24) is 5.32 Å². The SMILES string of the molecule is CC(F)CNC(c1ccccc1)c1ccccc1. The molecule has 0 radical (unpaired) electrons. The fourth-order valence-corrected chi connectivity index (χ4v) is 2.00. The van der Waals surface area contributed by atoms with Gasteiger partial charge in [0.1, 0.15) is 6.17 Å². The van der Waals surface area contributed by atoms with Crippen LogP contribution in [0.4, 0.5) is 4.39 Å². The van der Waals surface area contributed by atoms with Crippen molar-refractivity contribution in [1.29, 1.82) is 0 Å². The van der Waals surface area contributed by atoms with Crippen molar-refractivity contribution in [2.24, 2.45) is 0 Å². The van der Waals surface area contributed by atoms with Crippen LogP contribution in [-0.4, -0.2) is 12.7 Å². The molecule has 0 aliphatic heterocycles. The molecule has 0 saturated carbocycles. The zero-order valence-corrected chi connectivity index (χ0v) is 10.5. The molecule has 0 aliphatic rings. The van der Waals surface area contributed by atoms with Gasteiger partial charge in [0.25, 0.3) is 0 Å². The lowest BCUT2D eigenvalue weighted by molar-refractivity contribution is 0.337. The second-order valence-electron chi connectivity index (χ2n) is 4.44. The fraction of sp³-hybridized carbons (Fsp3) is 0.250. The Hall–Kier alpha value is -1.67. The van der Waals surface area contributed by atoms with E-state index in [1.54, 1.807) is 6.92 Å². The van der Waals surface area contributed by atoms with Crippen molar-refractivity contribution in [3.05, 3.63) is 71.8 Å². The van der Waals surface area contributed by atoms with Crippen molar-refractivity contribution in [2.45, 2.75) is 19.1 Å². The van der Waals surface area contributed by atoms with Crippen LogP contribution in [0.3, 0.4) is 0 Å². The topological polar surface area (TPSA) is 12.0 Å². The normalized spacial score (nSPS) is 12.6. The molecule has 2 heteroatoms. The highest BCUT2D eigenvalue weighted by molar-refractivity contribution is 5.31. The third-order valence-electron chi connectivity index (χ3n) is 2.87. The van der Waals surface area contributed by atoms with Crippen LogP contribution >= 0.6 is 0 Å². The highest BCUT2D eigenvalue weighted by Gasteiger charge is 2.13. The summed E-state index contributed by atoms with van der Waals surface area (Å²) < 4.78 is 13.0. The van der Waals surface area contributed by atoms with Gasteiger partial charge in [0, 0.05) is 6.54 Å². The van der Waals surface area contributed by atoms with E-state index in [1.807, 2.05) is 36.4 Å². The van der Waals surface area contributed by atoms with E-state index in [9.17, 15) is 4.39 Å². The summed E-state index contributed by atoms with van der Waals surface area (Å²) >= 11 is 0. The number of benzene rings is 2. The highest BCUT2D eigenvalue weighted by Crippen LogP contribution is 2.21. The summed E-state index contributed by atoms with van der Waals surface area (Å²) in [5, 5.41) is 3.28. The van der Waals surface area contributed by atoms with Gasteiger partial charge in [0.2, 0.25) is 0 Å². The van der Waals surface area contributed by atoms with Gasteiger partial charge in [-0.1, -0.05) is 60.7 Å². The van der Waals surface area contributed by atoms with Gasteiger partial charge < -0.3 is 5.32 Å². The average molecular weight is 243 g/mol. The molecule has 0 spiro atoms. The van der Waals surface area contributed by atoms with Crippen LogP contribution in [0, 0.1) is 0 Å². The van der Waals surface area contributed by atoms with Crippen LogP contribution in [0.5, 0.6) is 0 Å². The first-order chi connectivity index (χ1) is 8.77. The third-order valence-corrected chi connectivity index (χ3v) is 2.87. The summed E-state index contributed by atoms with van der Waals surface area (Å²) in [4.78, 5) is 0. The Morgan fingerprint density at radius 3 is 1.72 bits per heavy atom. The smallest absolute Gasteiger partial charge is 0.110 e. The Balaban J connectivity index is 2.24. The van der Waals surface area contributed by atoms with Crippen molar-refractivity contribution < 1.29 is 4.39 Å². The van der Waals surface area contributed by atoms with Crippen LogP contribution in [0.25, 0.3) is 0 Å². The van der Waals surface area contributed by atoms with E-state index in [1.165, 1.54) is 0 Å². The molecular formula is C16H18FN. The van der Waals surface area contributed by atoms with Crippen molar-refractivity contribution in [2.75, 3.05) is 6.54 Å². The molecular weight excluding hydrogens is 225 g/mol. The van der Waals surface area contributed by atoms with Crippen molar-refractivity contribution in [3.63, 3.8) is 0 Å². The van der Waals surface area contributed by atoms with Gasteiger partial charge in [-0.05, 0) is 18.1 Å². The van der Waals surface area contributed by atoms with E-state index in [2.05, 4.69) is 29.6 Å². The van der Waals surface area contributed by atoms with E-state index >= 15 is 0 Å². The average Bonchev–Trinajstić information content (AvgIpc) is 2.41. The third kappa shape index (κ3) is 3.41. The zero-order chi connectivity index (χ0) is 12.8. The first-order valence-corrected chi connectivity index (χ1v) is 6.24. The van der Waals surface area contributed by atoms with E-state index < -0.39 is 6.17 Å². The standard InChI is InChI=1S/C16H18FN/c1-13(17)12-18-16(14-8-4-2-5-9-14)15-10-6-3-7-11-15/h2-11,13,16,18H,12H2,1H3. The summed E-state index contributed by atoms with van der Waals surface area (Å²) in [7, 11) is 0. The Bertz CT molecular complexity index is 414. The summed E-state index contributed by atoms with van der Waals surface area (Å²) in [6.07, 6.45) is -0.847. The van der Waals surface area contributed by atoms with Gasteiger partial charge in [0.15, 0.2) is 0 Å². The summed E-state index contributed by atoms with van der Waals surface area (Å²) in [6, 6.07) is 20.3. The zero-order valence-electron chi connectivity index (χ0n) is 10.5. The lowest BCUT2D eigenvalue weighted by Gasteiger charge is -2.20. The van der Waals surface area contributed by atoms with Crippen LogP contribution in [0.2, 0.25) is 0 Å². The lowest BCUT2D eigenvalue weighted by Crippen LogP contribution is -2.27. The molecule has 18 heavy (non-hydrogen) atoms. The first-order valence-electron chi connectivity index (χ1n) is 6.24. The number of rotatable bonds is 5. The number of hydrogen-bond donors (Lipinski definition) is 1. The van der Waals surface area contributed by atoms with Gasteiger partial charge in [-0.2, -0.15) is 0 Å². The van der Waals surface area contributed by atoms with Gasteiger partial charge in [-0.15, -0.1) is 0 Å². The Morgan fingerprint density at radius 2 is 1.33 bits per heavy atom. The number of hydrogen-bond acceptors (Lipinski definition) is 1. The Morgan fingerprint density at radius 1 is 0.889 bits per heavy atom. The number of nitrogens with one attached hydrogen (secondary N) is 1. The molecule has 0 saturated heterocycles. The van der Waals surface area contributed by atoms with E-state index in [0.29, 0.717) is 6.54 Å². The largest absolute Gasteiger partial charge is 0.303 e. The molecule has 2 aromatic carbocycles. The highest BCUT2D eigenvalue weighted by atomic mass is 19.1. The van der Waals surface area contributed by atoms with Crippen molar-refractivity contribution in [3.8, 4) is 0 Å². The summed E-state index contributed by atoms with van der Waals surface area (Å²) in [5.74, 6) is 0. The minimum atomic E-state index is -0.847. The van der Waals surface area contributed by atoms with E-state index in [-0.39, 0.29) is 6.04 Å². The molecule has 0 bridgehead atoms. The molecule has 1 nitrogen and oxygen atoms in total. The molecule has 1 atom stereocenters. The summed E-state index contributed by atoms with van der Waals surface area (Å²) in [5.41, 5.74) is 2.31. The van der Waals surface area contributed by atoms with Crippen LogP contribution in [-0.2, 0) is 0 Å². The van der Waals surface area contributed by atoms with Crippen LogP contribution < -0.4 is 5.32 Å². The van der Waals surface area contributed by atoms with Gasteiger partial charge >= 0.3 is 0 Å². The predicted octanol–water partition coefficient (Wildman–Crippen LogP) is 3.72. The van der Waals surface area contributed by atoms with E-state index in [0.717, 1.165) is 11.1 Å². The molecule has 0 amide bonds. The Kier molecular flexibility index (Phi) is 4.48. The molecule has 1 N–H and O–H groups in total. The lowest BCUT2D eigenvalue weighted by atomic mass is 9.98. The number of halogens is 1. The maximum atomic E-state index is 13.0. The second kappa shape index (κ2) is 6.31. The van der Waals surface area contributed by atoms with Crippen molar-refractivity contribution >= 4 is 0 Å².